The fourth-order valence-electron chi connectivity index (χ4n) is 2.91. The van der Waals surface area contributed by atoms with Gasteiger partial charge in [0, 0.05) is 17.6 Å². The number of halogens is 3. The summed E-state index contributed by atoms with van der Waals surface area (Å²) in [6, 6.07) is 0. The molecule has 0 saturated carbocycles. The molecule has 1 aromatic rings. The highest BCUT2D eigenvalue weighted by Crippen LogP contribution is 2.47. The van der Waals surface area contributed by atoms with Gasteiger partial charge in [0.15, 0.2) is 5.13 Å². The average molecular weight is 293 g/mol. The van der Waals surface area contributed by atoms with Crippen molar-refractivity contribution >= 4 is 16.5 Å². The molecular formula is C12H18F3N3S. The second-order valence-corrected chi connectivity index (χ2v) is 6.12. The summed E-state index contributed by atoms with van der Waals surface area (Å²) in [5.41, 5.74) is 3.87. The van der Waals surface area contributed by atoms with Gasteiger partial charge in [-0.05, 0) is 25.8 Å². The number of likely N-dealkylation sites (tertiary alicyclic amines) is 1. The molecule has 0 radical (unpaired) electrons. The molecule has 7 heteroatoms. The van der Waals surface area contributed by atoms with Crippen LogP contribution in [0.15, 0.2) is 6.20 Å². The summed E-state index contributed by atoms with van der Waals surface area (Å²) < 4.78 is 40.4. The normalized spacial score (nSPS) is 25.1. The second-order valence-electron chi connectivity index (χ2n) is 4.97. The zero-order chi connectivity index (χ0) is 14.1. The van der Waals surface area contributed by atoms with E-state index in [2.05, 4.69) is 4.98 Å². The van der Waals surface area contributed by atoms with E-state index in [1.54, 1.807) is 18.0 Å². The lowest BCUT2D eigenvalue weighted by Gasteiger charge is -2.39. The first-order valence-corrected chi connectivity index (χ1v) is 7.22. The lowest BCUT2D eigenvalue weighted by Crippen LogP contribution is -2.54. The molecule has 2 heterocycles. The Morgan fingerprint density at radius 3 is 2.79 bits per heavy atom. The summed E-state index contributed by atoms with van der Waals surface area (Å²) in [6.07, 6.45) is -1.14. The minimum Gasteiger partial charge on any atom is -0.375 e. The van der Waals surface area contributed by atoms with E-state index in [1.807, 2.05) is 0 Å². The van der Waals surface area contributed by atoms with Crippen LogP contribution in [0.4, 0.5) is 18.3 Å². The number of aromatic nitrogens is 1. The molecule has 0 aliphatic carbocycles. The van der Waals surface area contributed by atoms with E-state index in [4.69, 9.17) is 5.73 Å². The smallest absolute Gasteiger partial charge is 0.375 e. The third kappa shape index (κ3) is 2.72. The number of hydrogen-bond donors (Lipinski definition) is 1. The molecular weight excluding hydrogens is 275 g/mol. The number of alkyl halides is 3. The van der Waals surface area contributed by atoms with Crippen molar-refractivity contribution < 1.29 is 13.2 Å². The molecule has 0 spiro atoms. The molecule has 1 aliphatic rings. The van der Waals surface area contributed by atoms with Gasteiger partial charge in [0.05, 0.1) is 0 Å². The van der Waals surface area contributed by atoms with Crippen molar-refractivity contribution in [3.05, 3.63) is 11.1 Å². The lowest BCUT2D eigenvalue weighted by molar-refractivity contribution is -0.227. The molecule has 108 valence electrons. The Bertz CT molecular complexity index is 432. The monoisotopic (exact) mass is 293 g/mol. The number of nitrogens with two attached hydrogens (primary N) is 1. The number of nitrogen functional groups attached to an aromatic ring is 1. The van der Waals surface area contributed by atoms with Crippen molar-refractivity contribution in [2.75, 3.05) is 12.3 Å². The maximum atomic E-state index is 13.5. The van der Waals surface area contributed by atoms with Crippen molar-refractivity contribution in [2.45, 2.75) is 50.9 Å². The van der Waals surface area contributed by atoms with E-state index in [0.29, 0.717) is 24.5 Å². The number of rotatable bonds is 4. The van der Waals surface area contributed by atoms with E-state index >= 15 is 0 Å². The first-order chi connectivity index (χ1) is 8.89. The first-order valence-electron chi connectivity index (χ1n) is 6.41. The Kier molecular flexibility index (Phi) is 4.06. The molecule has 2 N–H and O–H groups in total. The van der Waals surface area contributed by atoms with Gasteiger partial charge in [-0.25, -0.2) is 4.98 Å². The topological polar surface area (TPSA) is 42.2 Å². The van der Waals surface area contributed by atoms with Gasteiger partial charge in [-0.15, -0.1) is 11.3 Å². The van der Waals surface area contributed by atoms with Crippen LogP contribution in [0.3, 0.4) is 0 Å². The van der Waals surface area contributed by atoms with Gasteiger partial charge in [-0.3, -0.25) is 4.90 Å². The number of anilines is 1. The zero-order valence-electron chi connectivity index (χ0n) is 10.8. The number of thiazole rings is 1. The quantitative estimate of drug-likeness (QED) is 0.925. The molecule has 1 atom stereocenters. The largest absolute Gasteiger partial charge is 0.406 e. The molecule has 1 unspecified atom stereocenters. The van der Waals surface area contributed by atoms with Crippen LogP contribution in [-0.4, -0.2) is 28.1 Å². The van der Waals surface area contributed by atoms with Gasteiger partial charge in [0.25, 0.3) is 0 Å². The lowest BCUT2D eigenvalue weighted by atomic mass is 9.89. The summed E-state index contributed by atoms with van der Waals surface area (Å²) in [6.45, 7) is 2.57. The van der Waals surface area contributed by atoms with Gasteiger partial charge < -0.3 is 5.73 Å². The van der Waals surface area contributed by atoms with Crippen molar-refractivity contribution in [3.8, 4) is 0 Å². The maximum absolute atomic E-state index is 13.5. The molecule has 3 nitrogen and oxygen atoms in total. The highest BCUT2D eigenvalue weighted by Gasteiger charge is 2.59. The molecule has 2 rings (SSSR count). The molecule has 1 fully saturated rings. The van der Waals surface area contributed by atoms with E-state index in [1.165, 1.54) is 11.3 Å². The molecule has 19 heavy (non-hydrogen) atoms. The fourth-order valence-corrected chi connectivity index (χ4v) is 3.61. The van der Waals surface area contributed by atoms with E-state index in [-0.39, 0.29) is 19.4 Å². The van der Waals surface area contributed by atoms with Gasteiger partial charge in [0.2, 0.25) is 0 Å². The predicted molar refractivity (Wildman–Crippen MR) is 69.9 cm³/mol. The minimum absolute atomic E-state index is 0.158. The first kappa shape index (κ1) is 14.6. The summed E-state index contributed by atoms with van der Waals surface area (Å²) in [7, 11) is 0. The van der Waals surface area contributed by atoms with Crippen LogP contribution < -0.4 is 5.73 Å². The van der Waals surface area contributed by atoms with Crippen molar-refractivity contribution in [1.29, 1.82) is 0 Å². The Labute approximate surface area is 114 Å². The number of hydrogen-bond acceptors (Lipinski definition) is 4. The fraction of sp³-hybridized carbons (Fsp3) is 0.750. The van der Waals surface area contributed by atoms with E-state index in [9.17, 15) is 13.2 Å². The van der Waals surface area contributed by atoms with Gasteiger partial charge in [0.1, 0.15) is 5.54 Å². The third-order valence-electron chi connectivity index (χ3n) is 3.73. The molecule has 0 bridgehead atoms. The van der Waals surface area contributed by atoms with Crippen LogP contribution in [0.2, 0.25) is 0 Å². The van der Waals surface area contributed by atoms with Crippen LogP contribution in [0.1, 0.15) is 37.5 Å². The standard InChI is InChI=1S/C12H18F3N3S/c1-2-4-11(12(13,14)15)5-3-6-18(11)8-9-7-17-10(16)19-9/h7H,2-6,8H2,1H3,(H2,16,17). The van der Waals surface area contributed by atoms with Crippen LogP contribution >= 0.6 is 11.3 Å². The van der Waals surface area contributed by atoms with Crippen LogP contribution in [-0.2, 0) is 6.54 Å². The zero-order valence-corrected chi connectivity index (χ0v) is 11.7. The highest BCUT2D eigenvalue weighted by atomic mass is 32.1. The van der Waals surface area contributed by atoms with Crippen molar-refractivity contribution in [1.82, 2.24) is 9.88 Å². The summed E-state index contributed by atoms with van der Waals surface area (Å²) in [5, 5.41) is 0.405. The minimum atomic E-state index is -4.18. The summed E-state index contributed by atoms with van der Waals surface area (Å²) in [5.74, 6) is 0. The van der Waals surface area contributed by atoms with Crippen LogP contribution in [0.5, 0.6) is 0 Å². The molecule has 0 aromatic carbocycles. The van der Waals surface area contributed by atoms with Crippen molar-refractivity contribution in [3.63, 3.8) is 0 Å². The summed E-state index contributed by atoms with van der Waals surface area (Å²) in [4.78, 5) is 6.26. The Balaban J connectivity index is 2.22. The average Bonchev–Trinajstić information content (AvgIpc) is 2.87. The third-order valence-corrected chi connectivity index (χ3v) is 4.54. The van der Waals surface area contributed by atoms with E-state index < -0.39 is 11.7 Å². The van der Waals surface area contributed by atoms with Crippen LogP contribution in [0, 0.1) is 0 Å². The highest BCUT2D eigenvalue weighted by molar-refractivity contribution is 7.15. The molecule has 1 aromatic heterocycles. The van der Waals surface area contributed by atoms with Gasteiger partial charge in [-0.2, -0.15) is 13.2 Å². The predicted octanol–water partition coefficient (Wildman–Crippen LogP) is 3.42. The van der Waals surface area contributed by atoms with Gasteiger partial charge >= 0.3 is 6.18 Å². The molecule has 1 aliphatic heterocycles. The van der Waals surface area contributed by atoms with Crippen LogP contribution in [0.25, 0.3) is 0 Å². The summed E-state index contributed by atoms with van der Waals surface area (Å²) >= 11 is 1.26. The Morgan fingerprint density at radius 2 is 2.26 bits per heavy atom. The SMILES string of the molecule is CCCC1(C(F)(F)F)CCCN1Cc1cnc(N)s1. The molecule has 1 saturated heterocycles. The van der Waals surface area contributed by atoms with Crippen molar-refractivity contribution in [2.24, 2.45) is 0 Å². The second kappa shape index (κ2) is 5.28. The van der Waals surface area contributed by atoms with E-state index in [0.717, 1.165) is 4.88 Å². The number of nitrogens with zero attached hydrogens (tertiary/aromatic N) is 2. The van der Waals surface area contributed by atoms with Gasteiger partial charge in [-0.1, -0.05) is 13.3 Å². The molecule has 0 amide bonds. The maximum Gasteiger partial charge on any atom is 0.406 e. The Hall–Kier alpha value is -0.820. The Morgan fingerprint density at radius 1 is 1.53 bits per heavy atom.